The second kappa shape index (κ2) is 4.60. The SMILES string of the molecule is Nc1nc2cc(Cl)c(F)cc2n1CC1CCCS1(=O)=O. The lowest BCUT2D eigenvalue weighted by Crippen LogP contribution is -2.23. The lowest BCUT2D eigenvalue weighted by molar-refractivity contribution is 0.571. The molecule has 1 aliphatic heterocycles. The number of benzene rings is 1. The summed E-state index contributed by atoms with van der Waals surface area (Å²) in [6.45, 7) is 0.200. The van der Waals surface area contributed by atoms with Crippen molar-refractivity contribution < 1.29 is 12.8 Å². The summed E-state index contributed by atoms with van der Waals surface area (Å²) in [5.41, 5.74) is 6.74. The molecule has 20 heavy (non-hydrogen) atoms. The van der Waals surface area contributed by atoms with Crippen molar-refractivity contribution in [3.05, 3.63) is 23.0 Å². The van der Waals surface area contributed by atoms with Crippen LogP contribution in [0.15, 0.2) is 12.1 Å². The van der Waals surface area contributed by atoms with Gasteiger partial charge in [-0.2, -0.15) is 0 Å². The van der Waals surface area contributed by atoms with E-state index in [0.717, 1.165) is 0 Å². The number of sulfone groups is 1. The van der Waals surface area contributed by atoms with Crippen molar-refractivity contribution in [3.63, 3.8) is 0 Å². The lowest BCUT2D eigenvalue weighted by Gasteiger charge is -2.12. The Morgan fingerprint density at radius 3 is 2.90 bits per heavy atom. The minimum atomic E-state index is -3.09. The zero-order chi connectivity index (χ0) is 14.5. The molecule has 5 nitrogen and oxygen atoms in total. The van der Waals surface area contributed by atoms with E-state index in [2.05, 4.69) is 4.98 Å². The number of halogens is 2. The predicted molar refractivity (Wildman–Crippen MR) is 75.9 cm³/mol. The third-order valence-corrected chi connectivity index (χ3v) is 6.22. The third-order valence-electron chi connectivity index (χ3n) is 3.67. The molecule has 108 valence electrons. The number of hydrogen-bond donors (Lipinski definition) is 1. The molecule has 0 radical (unpaired) electrons. The van der Waals surface area contributed by atoms with Crippen LogP contribution in [0.4, 0.5) is 10.3 Å². The van der Waals surface area contributed by atoms with Crippen LogP contribution < -0.4 is 5.73 Å². The van der Waals surface area contributed by atoms with Crippen molar-refractivity contribution in [2.75, 3.05) is 11.5 Å². The highest BCUT2D eigenvalue weighted by Gasteiger charge is 2.32. The maximum atomic E-state index is 13.6. The fourth-order valence-corrected chi connectivity index (χ4v) is 4.56. The van der Waals surface area contributed by atoms with Crippen molar-refractivity contribution in [2.24, 2.45) is 0 Å². The van der Waals surface area contributed by atoms with Gasteiger partial charge in [-0.05, 0) is 18.9 Å². The summed E-state index contributed by atoms with van der Waals surface area (Å²) in [7, 11) is -3.09. The first-order chi connectivity index (χ1) is 9.38. The van der Waals surface area contributed by atoms with Gasteiger partial charge < -0.3 is 10.3 Å². The maximum absolute atomic E-state index is 13.6. The van der Waals surface area contributed by atoms with Crippen molar-refractivity contribution in [3.8, 4) is 0 Å². The van der Waals surface area contributed by atoms with Gasteiger partial charge in [0.25, 0.3) is 0 Å². The molecule has 2 aromatic rings. The molecule has 3 rings (SSSR count). The van der Waals surface area contributed by atoms with Crippen LogP contribution in [0.5, 0.6) is 0 Å². The van der Waals surface area contributed by atoms with Crippen LogP contribution in [-0.2, 0) is 16.4 Å². The van der Waals surface area contributed by atoms with Gasteiger partial charge in [0, 0.05) is 12.6 Å². The van der Waals surface area contributed by atoms with E-state index >= 15 is 0 Å². The summed E-state index contributed by atoms with van der Waals surface area (Å²) in [5.74, 6) is -0.205. The quantitative estimate of drug-likeness (QED) is 0.918. The summed E-state index contributed by atoms with van der Waals surface area (Å²) in [5, 5.41) is -0.517. The fourth-order valence-electron chi connectivity index (χ4n) is 2.60. The molecule has 8 heteroatoms. The van der Waals surface area contributed by atoms with Crippen LogP contribution in [0.2, 0.25) is 5.02 Å². The van der Waals surface area contributed by atoms with Crippen LogP contribution in [0.25, 0.3) is 11.0 Å². The zero-order valence-electron chi connectivity index (χ0n) is 10.5. The van der Waals surface area contributed by atoms with E-state index in [1.807, 2.05) is 0 Å². The predicted octanol–water partition coefficient (Wildman–Crippen LogP) is 1.99. The maximum Gasteiger partial charge on any atom is 0.201 e. The molecule has 0 spiro atoms. The van der Waals surface area contributed by atoms with Crippen molar-refractivity contribution in [1.29, 1.82) is 0 Å². The van der Waals surface area contributed by atoms with Crippen LogP contribution >= 0.6 is 11.6 Å². The highest BCUT2D eigenvalue weighted by atomic mass is 35.5. The second-order valence-corrected chi connectivity index (χ2v) is 7.77. The van der Waals surface area contributed by atoms with E-state index in [1.165, 1.54) is 12.1 Å². The first kappa shape index (κ1) is 13.6. The Balaban J connectivity index is 2.07. The van der Waals surface area contributed by atoms with E-state index in [0.29, 0.717) is 23.9 Å². The van der Waals surface area contributed by atoms with Crippen molar-refractivity contribution in [1.82, 2.24) is 9.55 Å². The highest BCUT2D eigenvalue weighted by Crippen LogP contribution is 2.28. The number of nitrogens with zero attached hydrogens (tertiary/aromatic N) is 2. The van der Waals surface area contributed by atoms with Gasteiger partial charge >= 0.3 is 0 Å². The summed E-state index contributed by atoms with van der Waals surface area (Å²) >= 11 is 5.70. The van der Waals surface area contributed by atoms with Gasteiger partial charge in [-0.1, -0.05) is 11.6 Å². The fraction of sp³-hybridized carbons (Fsp3) is 0.417. The molecule has 2 N–H and O–H groups in total. The smallest absolute Gasteiger partial charge is 0.201 e. The number of hydrogen-bond acceptors (Lipinski definition) is 4. The summed E-state index contributed by atoms with van der Waals surface area (Å²) in [4.78, 5) is 4.10. The van der Waals surface area contributed by atoms with E-state index in [1.54, 1.807) is 4.57 Å². The van der Waals surface area contributed by atoms with Gasteiger partial charge in [-0.3, -0.25) is 0 Å². The average molecular weight is 318 g/mol. The van der Waals surface area contributed by atoms with Gasteiger partial charge in [0.2, 0.25) is 5.95 Å². The first-order valence-electron chi connectivity index (χ1n) is 6.21. The number of aromatic nitrogens is 2. The molecule has 0 saturated carbocycles. The summed E-state index contributed by atoms with van der Waals surface area (Å²) < 4.78 is 38.9. The Morgan fingerprint density at radius 1 is 1.50 bits per heavy atom. The van der Waals surface area contributed by atoms with Gasteiger partial charge in [-0.25, -0.2) is 17.8 Å². The molecule has 1 saturated heterocycles. The Labute approximate surface area is 120 Å². The Kier molecular flexibility index (Phi) is 3.13. The third kappa shape index (κ3) is 2.14. The minimum Gasteiger partial charge on any atom is -0.369 e. The standard InChI is InChI=1S/C12H13ClFN3O2S/c13-8-4-10-11(5-9(8)14)17(12(15)16-10)6-7-2-1-3-20(7,18)19/h4-5,7H,1-3,6H2,(H2,15,16). The average Bonchev–Trinajstić information content (AvgIpc) is 2.83. The molecule has 1 unspecified atom stereocenters. The van der Waals surface area contributed by atoms with Crippen molar-refractivity contribution in [2.45, 2.75) is 24.6 Å². The Bertz CT molecular complexity index is 788. The van der Waals surface area contributed by atoms with Crippen LogP contribution in [0.1, 0.15) is 12.8 Å². The van der Waals surface area contributed by atoms with E-state index in [-0.39, 0.29) is 23.3 Å². The number of anilines is 1. The topological polar surface area (TPSA) is 78.0 Å². The Hall–Kier alpha value is -1.34. The molecular formula is C12H13ClFN3O2S. The summed E-state index contributed by atoms with van der Waals surface area (Å²) in [6, 6.07) is 2.63. The monoisotopic (exact) mass is 317 g/mol. The molecular weight excluding hydrogens is 305 g/mol. The normalized spacial score (nSPS) is 21.6. The van der Waals surface area contributed by atoms with Crippen molar-refractivity contribution >= 4 is 38.4 Å². The minimum absolute atomic E-state index is 0.0318. The van der Waals surface area contributed by atoms with Gasteiger partial charge in [0.05, 0.1) is 27.1 Å². The molecule has 1 fully saturated rings. The van der Waals surface area contributed by atoms with Gasteiger partial charge in [0.15, 0.2) is 9.84 Å². The largest absolute Gasteiger partial charge is 0.369 e. The van der Waals surface area contributed by atoms with E-state index < -0.39 is 20.9 Å². The van der Waals surface area contributed by atoms with Crippen LogP contribution in [-0.4, -0.2) is 29.0 Å². The van der Waals surface area contributed by atoms with E-state index in [4.69, 9.17) is 17.3 Å². The molecule has 0 bridgehead atoms. The molecule has 0 aliphatic carbocycles. The number of fused-ring (bicyclic) bond motifs is 1. The molecule has 2 heterocycles. The van der Waals surface area contributed by atoms with Gasteiger partial charge in [-0.15, -0.1) is 0 Å². The molecule has 1 aromatic heterocycles. The number of nitrogen functional groups attached to an aromatic ring is 1. The molecule has 1 aliphatic rings. The van der Waals surface area contributed by atoms with Gasteiger partial charge in [0.1, 0.15) is 5.82 Å². The first-order valence-corrected chi connectivity index (χ1v) is 8.30. The van der Waals surface area contributed by atoms with E-state index in [9.17, 15) is 12.8 Å². The molecule has 1 aromatic carbocycles. The highest BCUT2D eigenvalue weighted by molar-refractivity contribution is 7.92. The summed E-state index contributed by atoms with van der Waals surface area (Å²) in [6.07, 6.45) is 1.25. The number of nitrogens with two attached hydrogens (primary N) is 1. The Morgan fingerprint density at radius 2 is 2.25 bits per heavy atom. The zero-order valence-corrected chi connectivity index (χ0v) is 12.1. The number of imidazole rings is 1. The second-order valence-electron chi connectivity index (χ2n) is 4.97. The van der Waals surface area contributed by atoms with Crippen LogP contribution in [0.3, 0.4) is 0 Å². The number of rotatable bonds is 2. The molecule has 0 amide bonds. The molecule has 1 atom stereocenters. The van der Waals surface area contributed by atoms with Crippen LogP contribution in [0, 0.1) is 5.82 Å². The lowest BCUT2D eigenvalue weighted by atomic mass is 10.2.